The number of hydrogen-bond donors (Lipinski definition) is 2. The molecular weight excluding hydrogens is 282 g/mol. The summed E-state index contributed by atoms with van der Waals surface area (Å²) in [5.74, 6) is -0.359. The fourth-order valence-corrected chi connectivity index (χ4v) is 3.13. The molecular formula is C16H21N3O3. The van der Waals surface area contributed by atoms with Crippen LogP contribution in [0.5, 0.6) is 0 Å². The van der Waals surface area contributed by atoms with E-state index in [0.29, 0.717) is 13.1 Å². The lowest BCUT2D eigenvalue weighted by molar-refractivity contribution is -0.156. The van der Waals surface area contributed by atoms with Crippen molar-refractivity contribution < 1.29 is 14.7 Å². The van der Waals surface area contributed by atoms with E-state index in [2.05, 4.69) is 22.3 Å². The van der Waals surface area contributed by atoms with Gasteiger partial charge in [-0.05, 0) is 12.5 Å². The van der Waals surface area contributed by atoms with Gasteiger partial charge in [-0.3, -0.25) is 14.5 Å². The summed E-state index contributed by atoms with van der Waals surface area (Å²) in [4.78, 5) is 28.4. The predicted molar refractivity (Wildman–Crippen MR) is 80.8 cm³/mol. The number of aliphatic hydroxyl groups is 1. The minimum atomic E-state index is -0.875. The van der Waals surface area contributed by atoms with Crippen molar-refractivity contribution in [2.75, 3.05) is 19.6 Å². The van der Waals surface area contributed by atoms with E-state index in [-0.39, 0.29) is 11.8 Å². The number of rotatable bonds is 3. The van der Waals surface area contributed by atoms with Crippen molar-refractivity contribution in [2.24, 2.45) is 0 Å². The highest BCUT2D eigenvalue weighted by Gasteiger charge is 2.44. The van der Waals surface area contributed by atoms with Crippen LogP contribution in [0, 0.1) is 0 Å². The number of piperazine rings is 2. The largest absolute Gasteiger partial charge is 0.391 e. The Morgan fingerprint density at radius 1 is 1.27 bits per heavy atom. The monoisotopic (exact) mass is 303 g/mol. The first-order valence-corrected chi connectivity index (χ1v) is 7.61. The highest BCUT2D eigenvalue weighted by Crippen LogP contribution is 2.19. The van der Waals surface area contributed by atoms with Crippen LogP contribution in [0.15, 0.2) is 30.3 Å². The summed E-state index contributed by atoms with van der Waals surface area (Å²) in [5, 5.41) is 12.3. The molecule has 2 N–H and O–H groups in total. The van der Waals surface area contributed by atoms with E-state index in [4.69, 9.17) is 0 Å². The lowest BCUT2D eigenvalue weighted by Crippen LogP contribution is -2.70. The topological polar surface area (TPSA) is 72.9 Å². The van der Waals surface area contributed by atoms with E-state index in [1.165, 1.54) is 12.5 Å². The molecule has 3 atom stereocenters. The number of nitrogens with zero attached hydrogens (tertiary/aromatic N) is 2. The summed E-state index contributed by atoms with van der Waals surface area (Å²) in [6.45, 7) is 4.07. The van der Waals surface area contributed by atoms with Gasteiger partial charge in [-0.1, -0.05) is 30.3 Å². The van der Waals surface area contributed by atoms with Gasteiger partial charge in [-0.2, -0.15) is 0 Å². The zero-order chi connectivity index (χ0) is 15.7. The van der Waals surface area contributed by atoms with Crippen LogP contribution in [0.25, 0.3) is 0 Å². The van der Waals surface area contributed by atoms with Crippen molar-refractivity contribution >= 4 is 11.8 Å². The van der Waals surface area contributed by atoms with Crippen LogP contribution in [0.3, 0.4) is 0 Å². The summed E-state index contributed by atoms with van der Waals surface area (Å²) in [7, 11) is 0. The number of hydrogen-bond acceptors (Lipinski definition) is 4. The molecule has 2 aliphatic heterocycles. The minimum absolute atomic E-state index is 0.178. The molecule has 0 spiro atoms. The predicted octanol–water partition coefficient (Wildman–Crippen LogP) is -0.421. The first-order chi connectivity index (χ1) is 10.6. The fourth-order valence-electron chi connectivity index (χ4n) is 3.13. The molecule has 3 rings (SSSR count). The molecule has 0 radical (unpaired) electrons. The highest BCUT2D eigenvalue weighted by atomic mass is 16.3. The van der Waals surface area contributed by atoms with Crippen LogP contribution < -0.4 is 5.32 Å². The first-order valence-electron chi connectivity index (χ1n) is 7.61. The number of amides is 2. The van der Waals surface area contributed by atoms with Gasteiger partial charge in [0.05, 0.1) is 6.10 Å². The Kier molecular flexibility index (Phi) is 4.13. The molecule has 2 saturated heterocycles. The van der Waals surface area contributed by atoms with E-state index < -0.39 is 18.2 Å². The molecule has 2 heterocycles. The van der Waals surface area contributed by atoms with Gasteiger partial charge in [-0.15, -0.1) is 0 Å². The summed E-state index contributed by atoms with van der Waals surface area (Å²) in [6, 6.07) is 8.81. The standard InChI is InChI=1S/C16H21N3O3/c1-11(20)14-16(22)19-8-7-18(10-13(19)15(21)17-14)9-12-5-3-2-4-6-12/h2-6,11,13-14,20H,7-10H2,1H3,(H,17,21)/t11-,13+,14+/m0/s1. The van der Waals surface area contributed by atoms with E-state index in [9.17, 15) is 14.7 Å². The Labute approximate surface area is 129 Å². The molecule has 2 fully saturated rings. The summed E-state index contributed by atoms with van der Waals surface area (Å²) < 4.78 is 0. The van der Waals surface area contributed by atoms with Gasteiger partial charge in [-0.25, -0.2) is 0 Å². The fraction of sp³-hybridized carbons (Fsp3) is 0.500. The second-order valence-corrected chi connectivity index (χ2v) is 6.00. The van der Waals surface area contributed by atoms with Gasteiger partial charge in [0.2, 0.25) is 11.8 Å². The van der Waals surface area contributed by atoms with Gasteiger partial charge < -0.3 is 15.3 Å². The Balaban J connectivity index is 1.68. The Morgan fingerprint density at radius 2 is 2.00 bits per heavy atom. The zero-order valence-corrected chi connectivity index (χ0v) is 12.6. The number of nitrogens with one attached hydrogen (secondary N) is 1. The average molecular weight is 303 g/mol. The van der Waals surface area contributed by atoms with Crippen molar-refractivity contribution in [3.8, 4) is 0 Å². The highest BCUT2D eigenvalue weighted by molar-refractivity contribution is 5.97. The molecule has 1 aromatic carbocycles. The maximum Gasteiger partial charge on any atom is 0.248 e. The van der Waals surface area contributed by atoms with E-state index in [0.717, 1.165) is 13.1 Å². The number of carbonyl (C=O) groups is 2. The van der Waals surface area contributed by atoms with Gasteiger partial charge in [0.15, 0.2) is 0 Å². The molecule has 0 bridgehead atoms. The smallest absolute Gasteiger partial charge is 0.248 e. The van der Waals surface area contributed by atoms with Crippen molar-refractivity contribution in [3.05, 3.63) is 35.9 Å². The van der Waals surface area contributed by atoms with Crippen LogP contribution >= 0.6 is 0 Å². The number of fused-ring (bicyclic) bond motifs is 1. The van der Waals surface area contributed by atoms with Crippen molar-refractivity contribution in [2.45, 2.75) is 31.7 Å². The average Bonchev–Trinajstić information content (AvgIpc) is 2.51. The third-order valence-corrected chi connectivity index (χ3v) is 4.35. The van der Waals surface area contributed by atoms with Crippen LogP contribution in [0.4, 0.5) is 0 Å². The first kappa shape index (κ1) is 15.0. The van der Waals surface area contributed by atoms with Crippen molar-refractivity contribution in [1.82, 2.24) is 15.1 Å². The molecule has 6 heteroatoms. The van der Waals surface area contributed by atoms with Crippen LogP contribution in [-0.4, -0.2) is 64.5 Å². The van der Waals surface area contributed by atoms with Crippen LogP contribution in [0.1, 0.15) is 12.5 Å². The molecule has 2 amide bonds. The van der Waals surface area contributed by atoms with Crippen molar-refractivity contribution in [3.63, 3.8) is 0 Å². The van der Waals surface area contributed by atoms with Gasteiger partial charge >= 0.3 is 0 Å². The van der Waals surface area contributed by atoms with Gasteiger partial charge in [0, 0.05) is 26.2 Å². The van der Waals surface area contributed by atoms with E-state index in [1.54, 1.807) is 4.90 Å². The molecule has 0 aliphatic carbocycles. The summed E-state index contributed by atoms with van der Waals surface area (Å²) in [5.41, 5.74) is 1.19. The molecule has 1 aromatic rings. The normalized spacial score (nSPS) is 27.3. The molecule has 0 aromatic heterocycles. The third kappa shape index (κ3) is 2.84. The summed E-state index contributed by atoms with van der Waals surface area (Å²) >= 11 is 0. The SMILES string of the molecule is C[C@H](O)[C@H]1NC(=O)[C@H]2CN(Cc3ccccc3)CCN2C1=O. The lowest BCUT2D eigenvalue weighted by Gasteiger charge is -2.45. The Hall–Kier alpha value is -1.92. The quantitative estimate of drug-likeness (QED) is 0.795. The minimum Gasteiger partial charge on any atom is -0.391 e. The second kappa shape index (κ2) is 6.06. The van der Waals surface area contributed by atoms with Crippen LogP contribution in [-0.2, 0) is 16.1 Å². The second-order valence-electron chi connectivity index (χ2n) is 6.00. The van der Waals surface area contributed by atoms with Crippen LogP contribution in [0.2, 0.25) is 0 Å². The Morgan fingerprint density at radius 3 is 2.68 bits per heavy atom. The molecule has 0 unspecified atom stereocenters. The lowest BCUT2D eigenvalue weighted by atomic mass is 10.0. The molecule has 6 nitrogen and oxygen atoms in total. The maximum atomic E-state index is 12.3. The van der Waals surface area contributed by atoms with E-state index in [1.807, 2.05) is 18.2 Å². The van der Waals surface area contributed by atoms with Gasteiger partial charge in [0.1, 0.15) is 12.1 Å². The third-order valence-electron chi connectivity index (χ3n) is 4.35. The molecule has 0 saturated carbocycles. The zero-order valence-electron chi connectivity index (χ0n) is 12.6. The molecule has 118 valence electrons. The van der Waals surface area contributed by atoms with Gasteiger partial charge in [0.25, 0.3) is 0 Å². The molecule has 2 aliphatic rings. The Bertz CT molecular complexity index is 561. The van der Waals surface area contributed by atoms with E-state index >= 15 is 0 Å². The number of aliphatic hydroxyl groups excluding tert-OH is 1. The maximum absolute atomic E-state index is 12.3. The van der Waals surface area contributed by atoms with Crippen molar-refractivity contribution in [1.29, 1.82) is 0 Å². The number of carbonyl (C=O) groups excluding carboxylic acids is 2. The summed E-state index contributed by atoms with van der Waals surface area (Å²) in [6.07, 6.45) is -0.875. The number of benzene rings is 1. The molecule has 22 heavy (non-hydrogen) atoms.